The average molecular weight is 388 g/mol. The van der Waals surface area contributed by atoms with Crippen LogP contribution in [0.3, 0.4) is 0 Å². The molecule has 0 radical (unpaired) electrons. The average Bonchev–Trinajstić information content (AvgIpc) is 2.65. The number of hydrogen-bond acceptors (Lipinski definition) is 5. The molecule has 0 saturated carbocycles. The quantitative estimate of drug-likeness (QED) is 0.673. The summed E-state index contributed by atoms with van der Waals surface area (Å²) < 4.78 is 26.2. The molecule has 2 rings (SSSR count). The minimum absolute atomic E-state index is 0.195. The fourth-order valence-electron chi connectivity index (χ4n) is 2.27. The maximum absolute atomic E-state index is 12.0. The lowest BCUT2D eigenvalue weighted by Crippen LogP contribution is -2.23. The van der Waals surface area contributed by atoms with Gasteiger partial charge in [-0.2, -0.15) is 0 Å². The number of nitrogens with zero attached hydrogens (tertiary/aromatic N) is 2. The summed E-state index contributed by atoms with van der Waals surface area (Å²) in [5.74, 6) is 0.590. The molecule has 144 valence electrons. The molecule has 0 bridgehead atoms. The molecule has 0 saturated heterocycles. The zero-order valence-electron chi connectivity index (χ0n) is 15.6. The Morgan fingerprint density at radius 1 is 1.19 bits per heavy atom. The first kappa shape index (κ1) is 20.6. The number of rotatable bonds is 8. The van der Waals surface area contributed by atoms with Crippen molar-refractivity contribution in [2.45, 2.75) is 18.4 Å². The van der Waals surface area contributed by atoms with E-state index in [4.69, 9.17) is 0 Å². The van der Waals surface area contributed by atoms with Crippen LogP contribution in [0.1, 0.15) is 18.1 Å². The third-order valence-electron chi connectivity index (χ3n) is 3.69. The Labute approximate surface area is 160 Å². The maximum Gasteiger partial charge on any atom is 0.244 e. The molecule has 1 heterocycles. The van der Waals surface area contributed by atoms with Crippen LogP contribution in [0.25, 0.3) is 6.08 Å². The molecule has 0 unspecified atom stereocenters. The van der Waals surface area contributed by atoms with Crippen molar-refractivity contribution in [3.05, 3.63) is 59.8 Å². The van der Waals surface area contributed by atoms with Crippen LogP contribution in [-0.4, -0.2) is 39.9 Å². The van der Waals surface area contributed by atoms with Crippen molar-refractivity contribution in [3.8, 4) is 0 Å². The van der Waals surface area contributed by atoms with E-state index < -0.39 is 10.0 Å². The third-order valence-corrected chi connectivity index (χ3v) is 5.25. The molecule has 8 heteroatoms. The van der Waals surface area contributed by atoms with E-state index in [1.165, 1.54) is 18.2 Å². The molecule has 1 amide bonds. The first-order valence-electron chi connectivity index (χ1n) is 8.49. The van der Waals surface area contributed by atoms with Gasteiger partial charge in [-0.15, -0.1) is 0 Å². The Morgan fingerprint density at radius 3 is 2.52 bits per heavy atom. The molecule has 7 nitrogen and oxygen atoms in total. The number of carbonyl (C=O) groups is 1. The normalized spacial score (nSPS) is 11.5. The summed E-state index contributed by atoms with van der Waals surface area (Å²) in [6.07, 6.45) is 4.76. The Balaban J connectivity index is 1.94. The number of anilines is 1. The second-order valence-corrected chi connectivity index (χ2v) is 7.81. The molecule has 1 aromatic carbocycles. The van der Waals surface area contributed by atoms with E-state index in [1.807, 2.05) is 31.1 Å². The highest BCUT2D eigenvalue weighted by molar-refractivity contribution is 7.89. The smallest absolute Gasteiger partial charge is 0.244 e. The number of pyridine rings is 1. The second-order valence-electron chi connectivity index (χ2n) is 6.04. The number of sulfonamides is 1. The summed E-state index contributed by atoms with van der Waals surface area (Å²) in [6, 6.07) is 10.1. The molecule has 2 aromatic rings. The van der Waals surface area contributed by atoms with Crippen molar-refractivity contribution in [1.82, 2.24) is 15.0 Å². The highest BCUT2D eigenvalue weighted by Crippen LogP contribution is 2.12. The van der Waals surface area contributed by atoms with Gasteiger partial charge in [0.2, 0.25) is 15.9 Å². The van der Waals surface area contributed by atoms with Crippen LogP contribution < -0.4 is 14.9 Å². The Bertz CT molecular complexity index is 907. The fourth-order valence-corrected chi connectivity index (χ4v) is 3.31. The molecule has 0 fully saturated rings. The summed E-state index contributed by atoms with van der Waals surface area (Å²) in [5, 5.41) is 2.81. The zero-order chi connectivity index (χ0) is 19.9. The molecule has 1 aromatic heterocycles. The van der Waals surface area contributed by atoms with Crippen molar-refractivity contribution >= 4 is 27.8 Å². The number of hydrogen-bond donors (Lipinski definition) is 2. The van der Waals surface area contributed by atoms with Crippen molar-refractivity contribution in [2.24, 2.45) is 0 Å². The summed E-state index contributed by atoms with van der Waals surface area (Å²) >= 11 is 0. The minimum Gasteiger partial charge on any atom is -0.363 e. The number of amides is 1. The topological polar surface area (TPSA) is 91.4 Å². The Morgan fingerprint density at radius 2 is 1.89 bits per heavy atom. The van der Waals surface area contributed by atoms with E-state index in [9.17, 15) is 13.2 Å². The molecular formula is C19H24N4O3S. The van der Waals surface area contributed by atoms with Gasteiger partial charge in [0.1, 0.15) is 5.82 Å². The first-order valence-corrected chi connectivity index (χ1v) is 9.98. The van der Waals surface area contributed by atoms with E-state index in [0.29, 0.717) is 13.1 Å². The fraction of sp³-hybridized carbons (Fsp3) is 0.263. The highest BCUT2D eigenvalue weighted by Gasteiger charge is 2.11. The molecule has 0 aliphatic carbocycles. The van der Waals surface area contributed by atoms with E-state index in [-0.39, 0.29) is 10.8 Å². The van der Waals surface area contributed by atoms with Crippen molar-refractivity contribution in [3.63, 3.8) is 0 Å². The van der Waals surface area contributed by atoms with Crippen molar-refractivity contribution in [2.75, 3.05) is 25.5 Å². The Hall–Kier alpha value is -2.71. The number of nitrogens with one attached hydrogen (secondary N) is 2. The molecule has 0 atom stereocenters. The standard InChI is InChI=1S/C19H24N4O3S/c1-4-22-27(25,26)17-8-5-15(6-9-17)7-10-19(24)21-14-16-11-12-20-18(13-16)23(2)3/h5-13,22H,4,14H2,1-3H3,(H,21,24)/b10-7+. The van der Waals surface area contributed by atoms with Gasteiger partial charge in [0.25, 0.3) is 0 Å². The van der Waals surface area contributed by atoms with Gasteiger partial charge in [-0.25, -0.2) is 18.1 Å². The van der Waals surface area contributed by atoms with E-state index >= 15 is 0 Å². The molecule has 0 aliphatic rings. The van der Waals surface area contributed by atoms with Crippen LogP contribution in [0.2, 0.25) is 0 Å². The molecule has 0 aliphatic heterocycles. The highest BCUT2D eigenvalue weighted by atomic mass is 32.2. The largest absolute Gasteiger partial charge is 0.363 e. The van der Waals surface area contributed by atoms with Crippen LogP contribution in [-0.2, 0) is 21.4 Å². The van der Waals surface area contributed by atoms with Crippen molar-refractivity contribution in [1.29, 1.82) is 0 Å². The SMILES string of the molecule is CCNS(=O)(=O)c1ccc(/C=C/C(=O)NCc2ccnc(N(C)C)c2)cc1. The number of aromatic nitrogens is 1. The lowest BCUT2D eigenvalue weighted by Gasteiger charge is -2.12. The minimum atomic E-state index is -3.47. The lowest BCUT2D eigenvalue weighted by atomic mass is 10.2. The van der Waals surface area contributed by atoms with Gasteiger partial charge in [0.15, 0.2) is 0 Å². The summed E-state index contributed by atoms with van der Waals surface area (Å²) in [4.78, 5) is 18.3. The van der Waals surface area contributed by atoms with Gasteiger partial charge in [0, 0.05) is 39.5 Å². The first-order chi connectivity index (χ1) is 12.8. The van der Waals surface area contributed by atoms with Gasteiger partial charge in [0.05, 0.1) is 4.90 Å². The predicted molar refractivity (Wildman–Crippen MR) is 107 cm³/mol. The monoisotopic (exact) mass is 388 g/mol. The second kappa shape index (κ2) is 9.29. The van der Waals surface area contributed by atoms with Crippen LogP contribution in [0.4, 0.5) is 5.82 Å². The van der Waals surface area contributed by atoms with Crippen LogP contribution >= 0.6 is 0 Å². The van der Waals surface area contributed by atoms with E-state index in [1.54, 1.807) is 31.3 Å². The predicted octanol–water partition coefficient (Wildman–Crippen LogP) is 1.78. The zero-order valence-corrected chi connectivity index (χ0v) is 16.5. The van der Waals surface area contributed by atoms with Gasteiger partial charge in [-0.1, -0.05) is 19.1 Å². The maximum atomic E-state index is 12.0. The van der Waals surface area contributed by atoms with Crippen LogP contribution in [0.5, 0.6) is 0 Å². The molecule has 0 spiro atoms. The van der Waals surface area contributed by atoms with Crippen molar-refractivity contribution < 1.29 is 13.2 Å². The summed E-state index contributed by atoms with van der Waals surface area (Å²) in [7, 11) is 0.341. The van der Waals surface area contributed by atoms with Crippen LogP contribution in [0.15, 0.2) is 53.6 Å². The van der Waals surface area contributed by atoms with Gasteiger partial charge in [-0.05, 0) is 41.5 Å². The summed E-state index contributed by atoms with van der Waals surface area (Å²) in [5.41, 5.74) is 1.69. The van der Waals surface area contributed by atoms with E-state index in [0.717, 1.165) is 16.9 Å². The number of benzene rings is 1. The number of carbonyl (C=O) groups excluding carboxylic acids is 1. The summed E-state index contributed by atoms with van der Waals surface area (Å²) in [6.45, 7) is 2.45. The van der Waals surface area contributed by atoms with Crippen LogP contribution in [0, 0.1) is 0 Å². The molecule has 27 heavy (non-hydrogen) atoms. The molecular weight excluding hydrogens is 364 g/mol. The third kappa shape index (κ3) is 6.19. The lowest BCUT2D eigenvalue weighted by molar-refractivity contribution is -0.116. The van der Waals surface area contributed by atoms with Gasteiger partial charge in [-0.3, -0.25) is 4.79 Å². The van der Waals surface area contributed by atoms with Gasteiger partial charge >= 0.3 is 0 Å². The Kier molecular flexibility index (Phi) is 7.09. The molecule has 2 N–H and O–H groups in total. The van der Waals surface area contributed by atoms with E-state index in [2.05, 4.69) is 15.0 Å². The van der Waals surface area contributed by atoms with Gasteiger partial charge < -0.3 is 10.2 Å².